The molecule has 1 rings (SSSR count). The molecule has 0 unspecified atom stereocenters. The summed E-state index contributed by atoms with van der Waals surface area (Å²) in [4.78, 5) is 0. The minimum Gasteiger partial charge on any atom is -0.326 e. The Kier molecular flexibility index (Phi) is 8.09. The molecular weight excluding hydrogens is 220 g/mol. The van der Waals surface area contributed by atoms with E-state index in [1.54, 1.807) is 0 Å². The molecule has 1 aliphatic heterocycles. The minimum atomic E-state index is 0.747. The maximum atomic E-state index is 8.43. The van der Waals surface area contributed by atoms with Crippen LogP contribution in [0.2, 0.25) is 0 Å². The van der Waals surface area contributed by atoms with Gasteiger partial charge in [0.15, 0.2) is 0 Å². The lowest BCUT2D eigenvalue weighted by Crippen LogP contribution is -2.41. The minimum absolute atomic E-state index is 0.747. The summed E-state index contributed by atoms with van der Waals surface area (Å²) in [5.74, 6) is 0. The molecule has 1 saturated heterocycles. The van der Waals surface area contributed by atoms with Gasteiger partial charge in [0.2, 0.25) is 0 Å². The fraction of sp³-hybridized carbons (Fsp3) is 0.938. The molecule has 2 heteroatoms. The lowest BCUT2D eigenvalue weighted by atomic mass is 10.1. The average Bonchev–Trinajstić information content (AvgIpc) is 2.79. The molecule has 0 aromatic rings. The molecule has 0 bridgehead atoms. The third-order valence-corrected chi connectivity index (χ3v) is 4.38. The number of unbranched alkanes of at least 4 members (excludes halogenated alkanes) is 8. The predicted octanol–water partition coefficient (Wildman–Crippen LogP) is 4.26. The van der Waals surface area contributed by atoms with Crippen LogP contribution in [-0.4, -0.2) is 31.2 Å². The van der Waals surface area contributed by atoms with Crippen LogP contribution in [0.25, 0.3) is 0 Å². The zero-order chi connectivity index (χ0) is 13.1. The highest BCUT2D eigenvalue weighted by molar-refractivity contribution is 4.67. The first-order valence-electron chi connectivity index (χ1n) is 7.97. The van der Waals surface area contributed by atoms with E-state index in [-0.39, 0.29) is 0 Å². The maximum Gasteiger partial charge on any atom is 0.0786 e. The molecule has 18 heavy (non-hydrogen) atoms. The molecule has 0 amide bonds. The highest BCUT2D eigenvalue weighted by Crippen LogP contribution is 2.18. The fourth-order valence-electron chi connectivity index (χ4n) is 3.08. The summed E-state index contributed by atoms with van der Waals surface area (Å²) in [6.45, 7) is 4.24. The number of hydrogen-bond donors (Lipinski definition) is 0. The summed E-state index contributed by atoms with van der Waals surface area (Å²) in [5.41, 5.74) is 0. The monoisotopic (exact) mass is 251 g/mol. The maximum absolute atomic E-state index is 8.43. The molecule has 0 radical (unpaired) electrons. The molecule has 104 valence electrons. The highest BCUT2D eigenvalue weighted by atomic mass is 15.3. The summed E-state index contributed by atoms with van der Waals surface area (Å²) < 4.78 is 1.34. The number of hydrogen-bond acceptors (Lipinski definition) is 1. The summed E-state index contributed by atoms with van der Waals surface area (Å²) >= 11 is 0. The Bertz CT molecular complexity index is 236. The van der Waals surface area contributed by atoms with Crippen LogP contribution in [-0.2, 0) is 0 Å². The van der Waals surface area contributed by atoms with Crippen molar-refractivity contribution >= 4 is 0 Å². The van der Waals surface area contributed by atoms with Crippen LogP contribution < -0.4 is 0 Å². The van der Waals surface area contributed by atoms with Gasteiger partial charge in [0, 0.05) is 19.3 Å². The third-order valence-electron chi connectivity index (χ3n) is 4.38. The molecule has 1 fully saturated rings. The van der Waals surface area contributed by atoms with Crippen molar-refractivity contribution < 1.29 is 4.48 Å². The first-order chi connectivity index (χ1) is 8.77. The van der Waals surface area contributed by atoms with Crippen molar-refractivity contribution in [3.8, 4) is 6.07 Å². The second kappa shape index (κ2) is 9.39. The van der Waals surface area contributed by atoms with Crippen LogP contribution in [0.3, 0.4) is 0 Å². The summed E-state index contributed by atoms with van der Waals surface area (Å²) in [5, 5.41) is 8.43. The van der Waals surface area contributed by atoms with Crippen LogP contribution >= 0.6 is 0 Å². The van der Waals surface area contributed by atoms with E-state index < -0.39 is 0 Å². The second-order valence-corrected chi connectivity index (χ2v) is 6.23. The molecule has 0 spiro atoms. The Hall–Kier alpha value is -0.550. The molecule has 0 saturated carbocycles. The number of quaternary nitrogens is 1. The van der Waals surface area contributed by atoms with Crippen molar-refractivity contribution in [2.45, 2.75) is 70.6 Å². The van der Waals surface area contributed by atoms with E-state index in [4.69, 9.17) is 5.26 Å². The summed E-state index contributed by atoms with van der Waals surface area (Å²) in [6, 6.07) is 2.21. The van der Waals surface area contributed by atoms with Crippen LogP contribution in [0.15, 0.2) is 0 Å². The quantitative estimate of drug-likeness (QED) is 0.420. The third kappa shape index (κ3) is 7.01. The van der Waals surface area contributed by atoms with Crippen molar-refractivity contribution in [1.29, 1.82) is 5.26 Å². The summed E-state index contributed by atoms with van der Waals surface area (Å²) in [7, 11) is 2.43. The van der Waals surface area contributed by atoms with E-state index in [1.165, 1.54) is 81.9 Å². The fourth-order valence-corrected chi connectivity index (χ4v) is 3.08. The Labute approximate surface area is 114 Å². The largest absolute Gasteiger partial charge is 0.326 e. The van der Waals surface area contributed by atoms with Crippen LogP contribution in [0, 0.1) is 11.3 Å². The Morgan fingerprint density at radius 3 is 1.89 bits per heavy atom. The van der Waals surface area contributed by atoms with Gasteiger partial charge in [0.05, 0.1) is 32.8 Å². The van der Waals surface area contributed by atoms with E-state index >= 15 is 0 Å². The first-order valence-corrected chi connectivity index (χ1v) is 7.97. The molecule has 1 heterocycles. The van der Waals surface area contributed by atoms with Crippen LogP contribution in [0.4, 0.5) is 0 Å². The molecule has 2 nitrogen and oxygen atoms in total. The SMILES string of the molecule is C[N+]1(CCCCCCCCCCC#N)CCCC1. The van der Waals surface area contributed by atoms with Crippen molar-refractivity contribution in [2.75, 3.05) is 26.7 Å². The first kappa shape index (κ1) is 15.5. The normalized spacial score (nSPS) is 17.8. The lowest BCUT2D eigenvalue weighted by molar-refractivity contribution is -0.897. The van der Waals surface area contributed by atoms with Crippen molar-refractivity contribution in [3.63, 3.8) is 0 Å². The highest BCUT2D eigenvalue weighted by Gasteiger charge is 2.25. The molecule has 0 aromatic heterocycles. The zero-order valence-electron chi connectivity index (χ0n) is 12.3. The van der Waals surface area contributed by atoms with Gasteiger partial charge in [-0.2, -0.15) is 5.26 Å². The lowest BCUT2D eigenvalue weighted by Gasteiger charge is -2.29. The van der Waals surface area contributed by atoms with Crippen molar-refractivity contribution in [3.05, 3.63) is 0 Å². The van der Waals surface area contributed by atoms with E-state index in [2.05, 4.69) is 13.1 Å². The molecular formula is C16H31N2+. The average molecular weight is 251 g/mol. The van der Waals surface area contributed by atoms with Crippen LogP contribution in [0.5, 0.6) is 0 Å². The second-order valence-electron chi connectivity index (χ2n) is 6.23. The molecule has 0 aromatic carbocycles. The van der Waals surface area contributed by atoms with Gasteiger partial charge in [-0.25, -0.2) is 0 Å². The van der Waals surface area contributed by atoms with E-state index in [0.29, 0.717) is 0 Å². The van der Waals surface area contributed by atoms with Crippen molar-refractivity contribution in [2.24, 2.45) is 0 Å². The smallest absolute Gasteiger partial charge is 0.0786 e. The predicted molar refractivity (Wildman–Crippen MR) is 77.2 cm³/mol. The summed E-state index contributed by atoms with van der Waals surface area (Å²) in [6.07, 6.45) is 14.3. The molecule has 1 aliphatic rings. The van der Waals surface area contributed by atoms with E-state index in [0.717, 1.165) is 12.8 Å². The zero-order valence-corrected chi connectivity index (χ0v) is 12.3. The number of rotatable bonds is 10. The van der Waals surface area contributed by atoms with Gasteiger partial charge in [0.1, 0.15) is 0 Å². The van der Waals surface area contributed by atoms with Gasteiger partial charge < -0.3 is 4.48 Å². The van der Waals surface area contributed by atoms with E-state index in [1.807, 2.05) is 0 Å². The topological polar surface area (TPSA) is 23.8 Å². The Morgan fingerprint density at radius 2 is 1.33 bits per heavy atom. The number of likely N-dealkylation sites (tertiary alicyclic amines) is 1. The van der Waals surface area contributed by atoms with Crippen molar-refractivity contribution in [1.82, 2.24) is 0 Å². The standard InChI is InChI=1S/C16H31N2/c1-18(15-11-12-16-18)14-10-8-6-4-2-3-5-7-9-13-17/h2-12,14-16H2,1H3/q+1. The molecule has 0 aliphatic carbocycles. The van der Waals surface area contributed by atoms with Gasteiger partial charge in [-0.05, 0) is 19.3 Å². The van der Waals surface area contributed by atoms with E-state index in [9.17, 15) is 0 Å². The van der Waals surface area contributed by atoms with Gasteiger partial charge in [-0.3, -0.25) is 0 Å². The molecule has 0 atom stereocenters. The number of nitriles is 1. The molecule has 0 N–H and O–H groups in total. The number of nitrogens with zero attached hydrogens (tertiary/aromatic N) is 2. The Morgan fingerprint density at radius 1 is 0.833 bits per heavy atom. The van der Waals surface area contributed by atoms with Crippen LogP contribution in [0.1, 0.15) is 70.6 Å². The Balaban J connectivity index is 1.80. The van der Waals surface area contributed by atoms with Gasteiger partial charge >= 0.3 is 0 Å². The van der Waals surface area contributed by atoms with Gasteiger partial charge in [-0.15, -0.1) is 0 Å². The van der Waals surface area contributed by atoms with Gasteiger partial charge in [-0.1, -0.05) is 32.1 Å². The van der Waals surface area contributed by atoms with Gasteiger partial charge in [0.25, 0.3) is 0 Å².